The summed E-state index contributed by atoms with van der Waals surface area (Å²) in [6.07, 6.45) is 4.33. The minimum Gasteiger partial charge on any atom is -0.345 e. The summed E-state index contributed by atoms with van der Waals surface area (Å²) in [5, 5.41) is 3.62. The highest BCUT2D eigenvalue weighted by molar-refractivity contribution is 8.14. The van der Waals surface area contributed by atoms with Crippen LogP contribution in [0.3, 0.4) is 0 Å². The molecule has 1 atom stereocenters. The maximum atomic E-state index is 12.0. The zero-order valence-electron chi connectivity index (χ0n) is 12.7. The Hall–Kier alpha value is -1.73. The predicted molar refractivity (Wildman–Crippen MR) is 93.0 cm³/mol. The van der Waals surface area contributed by atoms with Crippen molar-refractivity contribution in [3.8, 4) is 5.69 Å². The van der Waals surface area contributed by atoms with Gasteiger partial charge in [0, 0.05) is 18.1 Å². The van der Waals surface area contributed by atoms with Crippen molar-refractivity contribution in [1.82, 2.24) is 14.9 Å². The van der Waals surface area contributed by atoms with Crippen LogP contribution in [0.4, 0.5) is 0 Å². The molecule has 1 aliphatic heterocycles. The van der Waals surface area contributed by atoms with Gasteiger partial charge in [-0.1, -0.05) is 41.7 Å². The lowest BCUT2D eigenvalue weighted by atomic mass is 10.2. The number of thioether (sulfide) groups is 2. The number of carbonyl (C=O) groups excluding carboxylic acids is 2. The van der Waals surface area contributed by atoms with Crippen LogP contribution in [0.1, 0.15) is 12.0 Å². The molecule has 1 amide bonds. The van der Waals surface area contributed by atoms with Crippen LogP contribution < -0.4 is 5.32 Å². The van der Waals surface area contributed by atoms with Crippen molar-refractivity contribution < 1.29 is 9.59 Å². The third-order valence-electron chi connectivity index (χ3n) is 3.58. The summed E-state index contributed by atoms with van der Waals surface area (Å²) in [7, 11) is 0. The number of aryl methyl sites for hydroxylation is 1. The maximum Gasteiger partial charge on any atom is 0.231 e. The van der Waals surface area contributed by atoms with E-state index in [2.05, 4.69) is 10.3 Å². The fourth-order valence-corrected chi connectivity index (χ4v) is 4.12. The van der Waals surface area contributed by atoms with Crippen LogP contribution in [0.5, 0.6) is 0 Å². The molecule has 0 aliphatic carbocycles. The molecule has 7 heteroatoms. The van der Waals surface area contributed by atoms with Crippen LogP contribution in [0.15, 0.2) is 41.8 Å². The molecule has 1 saturated heterocycles. The molecule has 0 saturated carbocycles. The van der Waals surface area contributed by atoms with Crippen LogP contribution in [-0.2, 0) is 9.59 Å². The first-order valence-electron chi connectivity index (χ1n) is 7.33. The molecule has 3 rings (SSSR count). The van der Waals surface area contributed by atoms with Gasteiger partial charge in [0.05, 0.1) is 17.5 Å². The quantitative estimate of drug-likeness (QED) is 0.842. The molecule has 1 aromatic carbocycles. The van der Waals surface area contributed by atoms with Gasteiger partial charge in [-0.2, -0.15) is 0 Å². The van der Waals surface area contributed by atoms with Crippen LogP contribution in [-0.4, -0.2) is 38.1 Å². The van der Waals surface area contributed by atoms with E-state index in [4.69, 9.17) is 0 Å². The second kappa shape index (κ2) is 7.23. The largest absolute Gasteiger partial charge is 0.345 e. The van der Waals surface area contributed by atoms with Crippen molar-refractivity contribution in [2.75, 3.05) is 11.5 Å². The Balaban J connectivity index is 1.63. The van der Waals surface area contributed by atoms with Crippen molar-refractivity contribution in [3.63, 3.8) is 0 Å². The van der Waals surface area contributed by atoms with Crippen LogP contribution in [0, 0.1) is 6.92 Å². The third kappa shape index (κ3) is 3.79. The highest BCUT2D eigenvalue weighted by atomic mass is 32.2. The molecule has 0 unspecified atom stereocenters. The highest BCUT2D eigenvalue weighted by Gasteiger charge is 2.26. The van der Waals surface area contributed by atoms with Gasteiger partial charge in [0.2, 0.25) is 11.0 Å². The molecule has 23 heavy (non-hydrogen) atoms. The van der Waals surface area contributed by atoms with Gasteiger partial charge >= 0.3 is 0 Å². The number of nitrogens with zero attached hydrogens (tertiary/aromatic N) is 2. The molecule has 0 bridgehead atoms. The average molecular weight is 347 g/mol. The Kier molecular flexibility index (Phi) is 5.07. The molecule has 0 radical (unpaired) electrons. The molecule has 5 nitrogen and oxygen atoms in total. The summed E-state index contributed by atoms with van der Waals surface area (Å²) in [4.78, 5) is 27.9. The van der Waals surface area contributed by atoms with Gasteiger partial charge in [-0.3, -0.25) is 14.2 Å². The minimum absolute atomic E-state index is 0.0600. The summed E-state index contributed by atoms with van der Waals surface area (Å²) in [5.74, 6) is 0.904. The Morgan fingerprint density at radius 1 is 1.48 bits per heavy atom. The van der Waals surface area contributed by atoms with Crippen molar-refractivity contribution in [3.05, 3.63) is 42.2 Å². The normalized spacial score (nSPS) is 17.4. The van der Waals surface area contributed by atoms with E-state index in [0.29, 0.717) is 0 Å². The lowest BCUT2D eigenvalue weighted by molar-refractivity contribution is -0.122. The Morgan fingerprint density at radius 2 is 2.30 bits per heavy atom. The number of carbonyl (C=O) groups is 2. The fourth-order valence-electron chi connectivity index (χ4n) is 2.41. The standard InChI is InChI=1S/C16H17N3O2S2/c1-11-4-2-3-5-13(11)19-8-7-17-16(19)23-10-14(20)18-12-6-9-22-15(12)21/h2-5,7-8,12H,6,9-10H2,1H3,(H,18,20)/t12-/m0/s1. The van der Waals surface area contributed by atoms with E-state index < -0.39 is 0 Å². The first-order chi connectivity index (χ1) is 11.1. The lowest BCUT2D eigenvalue weighted by Gasteiger charge is -2.11. The van der Waals surface area contributed by atoms with Crippen LogP contribution >= 0.6 is 23.5 Å². The number of nitrogens with one attached hydrogen (secondary N) is 1. The summed E-state index contributed by atoms with van der Waals surface area (Å²) in [6, 6.07) is 7.71. The minimum atomic E-state index is -0.329. The first kappa shape index (κ1) is 16.1. The van der Waals surface area contributed by atoms with Gasteiger partial charge in [0.25, 0.3) is 0 Å². The molecule has 2 aromatic rings. The van der Waals surface area contributed by atoms with Gasteiger partial charge in [-0.25, -0.2) is 4.98 Å². The molecule has 0 spiro atoms. The summed E-state index contributed by atoms with van der Waals surface area (Å²) in [5.41, 5.74) is 2.20. The van der Waals surface area contributed by atoms with Gasteiger partial charge in [-0.05, 0) is 25.0 Å². The van der Waals surface area contributed by atoms with E-state index in [9.17, 15) is 9.59 Å². The van der Waals surface area contributed by atoms with Crippen molar-refractivity contribution in [1.29, 1.82) is 0 Å². The molecule has 2 heterocycles. The number of amides is 1. The zero-order chi connectivity index (χ0) is 16.2. The molecule has 1 aliphatic rings. The predicted octanol–water partition coefficient (Wildman–Crippen LogP) is 2.42. The van der Waals surface area contributed by atoms with E-state index in [-0.39, 0.29) is 22.8 Å². The lowest BCUT2D eigenvalue weighted by Crippen LogP contribution is -2.38. The van der Waals surface area contributed by atoms with Crippen molar-refractivity contribution in [2.24, 2.45) is 0 Å². The molecule has 1 N–H and O–H groups in total. The Bertz CT molecular complexity index is 730. The summed E-state index contributed by atoms with van der Waals surface area (Å²) >= 11 is 2.66. The van der Waals surface area contributed by atoms with Crippen LogP contribution in [0.25, 0.3) is 5.69 Å². The molecule has 1 aromatic heterocycles. The number of rotatable bonds is 5. The van der Waals surface area contributed by atoms with Gasteiger partial charge in [0.1, 0.15) is 0 Å². The number of para-hydroxylation sites is 1. The summed E-state index contributed by atoms with van der Waals surface area (Å²) < 4.78 is 1.98. The number of aromatic nitrogens is 2. The number of imidazole rings is 1. The van der Waals surface area contributed by atoms with E-state index >= 15 is 0 Å². The Morgan fingerprint density at radius 3 is 3.04 bits per heavy atom. The second-order valence-corrected chi connectivity index (χ2v) is 7.27. The molecule has 1 fully saturated rings. The summed E-state index contributed by atoms with van der Waals surface area (Å²) in [6.45, 7) is 2.04. The Labute approximate surface area is 143 Å². The molecule has 120 valence electrons. The maximum absolute atomic E-state index is 12.0. The topological polar surface area (TPSA) is 64.0 Å². The van der Waals surface area contributed by atoms with Gasteiger partial charge in [0.15, 0.2) is 5.16 Å². The van der Waals surface area contributed by atoms with Gasteiger partial charge in [-0.15, -0.1) is 0 Å². The van der Waals surface area contributed by atoms with Crippen molar-refractivity contribution in [2.45, 2.75) is 24.5 Å². The molecular formula is C16H17N3O2S2. The molecular weight excluding hydrogens is 330 g/mol. The second-order valence-electron chi connectivity index (χ2n) is 5.23. The van der Waals surface area contributed by atoms with Gasteiger partial charge < -0.3 is 5.32 Å². The fraction of sp³-hybridized carbons (Fsp3) is 0.312. The first-order valence-corrected chi connectivity index (χ1v) is 9.30. The zero-order valence-corrected chi connectivity index (χ0v) is 14.3. The van der Waals surface area contributed by atoms with E-state index in [1.807, 2.05) is 42.0 Å². The average Bonchev–Trinajstić information content (AvgIpc) is 3.15. The SMILES string of the molecule is Cc1ccccc1-n1ccnc1SCC(=O)N[C@H]1CCSC1=O. The monoisotopic (exact) mass is 347 g/mol. The smallest absolute Gasteiger partial charge is 0.231 e. The van der Waals surface area contributed by atoms with Crippen molar-refractivity contribution >= 4 is 34.5 Å². The highest BCUT2D eigenvalue weighted by Crippen LogP contribution is 2.23. The number of benzene rings is 1. The third-order valence-corrected chi connectivity index (χ3v) is 5.56. The number of hydrogen-bond donors (Lipinski definition) is 1. The van der Waals surface area contributed by atoms with E-state index in [0.717, 1.165) is 28.6 Å². The number of hydrogen-bond acceptors (Lipinski definition) is 5. The van der Waals surface area contributed by atoms with E-state index in [1.165, 1.54) is 23.5 Å². The van der Waals surface area contributed by atoms with E-state index in [1.54, 1.807) is 6.20 Å². The van der Waals surface area contributed by atoms with Crippen LogP contribution in [0.2, 0.25) is 0 Å².